The van der Waals surface area contributed by atoms with Crippen molar-refractivity contribution in [2.24, 2.45) is 5.92 Å². The zero-order valence-corrected chi connectivity index (χ0v) is 15.2. The van der Waals surface area contributed by atoms with Crippen LogP contribution in [-0.4, -0.2) is 31.3 Å². The van der Waals surface area contributed by atoms with E-state index in [2.05, 4.69) is 5.32 Å². The fraction of sp³-hybridized carbons (Fsp3) is 0.350. The second-order valence-corrected chi connectivity index (χ2v) is 8.83. The zero-order chi connectivity index (χ0) is 18.6. The lowest BCUT2D eigenvalue weighted by Crippen LogP contribution is -2.41. The van der Waals surface area contributed by atoms with Crippen LogP contribution in [0.1, 0.15) is 30.9 Å². The number of rotatable bonds is 7. The standard InChI is InChI=1S/C20H23NO4S/c22-17-13-16(14-17)20(15-7-3-1-4-8-15)21-19(23)11-12-26(24,25)18-9-5-2-6-10-18/h1-10,16-17,20,22H,11-14H2,(H,21,23). The van der Waals surface area contributed by atoms with Gasteiger partial charge >= 0.3 is 0 Å². The molecule has 1 unspecified atom stereocenters. The minimum absolute atomic E-state index is 0.0875. The summed E-state index contributed by atoms with van der Waals surface area (Å²) in [6.07, 6.45) is 0.877. The van der Waals surface area contributed by atoms with E-state index in [9.17, 15) is 18.3 Å². The Bertz CT molecular complexity index is 831. The summed E-state index contributed by atoms with van der Waals surface area (Å²) in [5.74, 6) is -0.348. The summed E-state index contributed by atoms with van der Waals surface area (Å²) < 4.78 is 24.6. The van der Waals surface area contributed by atoms with Crippen LogP contribution in [0.15, 0.2) is 65.6 Å². The first kappa shape index (κ1) is 18.6. The van der Waals surface area contributed by atoms with Crippen molar-refractivity contribution in [3.8, 4) is 0 Å². The Morgan fingerprint density at radius 1 is 1.04 bits per heavy atom. The van der Waals surface area contributed by atoms with E-state index in [1.165, 1.54) is 12.1 Å². The molecule has 0 radical (unpaired) electrons. The molecule has 0 aromatic heterocycles. The van der Waals surface area contributed by atoms with E-state index in [0.29, 0.717) is 12.8 Å². The Hall–Kier alpha value is -2.18. The Morgan fingerprint density at radius 2 is 1.62 bits per heavy atom. The summed E-state index contributed by atoms with van der Waals surface area (Å²) in [7, 11) is -3.48. The molecule has 26 heavy (non-hydrogen) atoms. The van der Waals surface area contributed by atoms with Crippen molar-refractivity contribution in [3.63, 3.8) is 0 Å². The molecule has 0 bridgehead atoms. The number of carbonyl (C=O) groups excluding carboxylic acids is 1. The Labute approximate surface area is 154 Å². The van der Waals surface area contributed by atoms with Gasteiger partial charge in [0.25, 0.3) is 0 Å². The van der Waals surface area contributed by atoms with Crippen molar-refractivity contribution >= 4 is 15.7 Å². The number of hydrogen-bond acceptors (Lipinski definition) is 4. The van der Waals surface area contributed by atoms with Crippen LogP contribution in [0.2, 0.25) is 0 Å². The van der Waals surface area contributed by atoms with E-state index in [-0.39, 0.29) is 41.0 Å². The molecule has 2 aromatic carbocycles. The molecule has 3 rings (SSSR count). The number of aliphatic hydroxyl groups is 1. The third kappa shape index (κ3) is 4.51. The first-order valence-corrected chi connectivity index (χ1v) is 10.4. The van der Waals surface area contributed by atoms with Crippen molar-refractivity contribution in [1.82, 2.24) is 5.32 Å². The monoisotopic (exact) mass is 373 g/mol. The average molecular weight is 373 g/mol. The van der Waals surface area contributed by atoms with Crippen molar-refractivity contribution in [1.29, 1.82) is 0 Å². The number of benzene rings is 2. The third-order valence-corrected chi connectivity index (χ3v) is 6.53. The molecular formula is C20H23NO4S. The second-order valence-electron chi connectivity index (χ2n) is 6.72. The molecule has 2 aromatic rings. The summed E-state index contributed by atoms with van der Waals surface area (Å²) in [6, 6.07) is 17.6. The van der Waals surface area contributed by atoms with E-state index in [1.54, 1.807) is 18.2 Å². The molecule has 0 heterocycles. The molecular weight excluding hydrogens is 350 g/mol. The summed E-state index contributed by atoms with van der Waals surface area (Å²) in [6.45, 7) is 0. The van der Waals surface area contributed by atoms with Gasteiger partial charge in [0.05, 0.1) is 22.8 Å². The molecule has 0 spiro atoms. The first-order chi connectivity index (χ1) is 12.5. The maximum Gasteiger partial charge on any atom is 0.221 e. The van der Waals surface area contributed by atoms with Crippen LogP contribution in [0.3, 0.4) is 0 Å². The van der Waals surface area contributed by atoms with Crippen LogP contribution in [0.25, 0.3) is 0 Å². The fourth-order valence-corrected chi connectivity index (χ4v) is 4.52. The summed E-state index contributed by atoms with van der Waals surface area (Å²) in [5.41, 5.74) is 0.976. The Balaban J connectivity index is 1.63. The van der Waals surface area contributed by atoms with Crippen LogP contribution < -0.4 is 5.32 Å². The predicted octanol–water partition coefficient (Wildman–Crippen LogP) is 2.48. The number of amides is 1. The van der Waals surface area contributed by atoms with Crippen LogP contribution in [0, 0.1) is 5.92 Å². The number of carbonyl (C=O) groups is 1. The molecule has 0 saturated heterocycles. The van der Waals surface area contributed by atoms with Gasteiger partial charge in [-0.1, -0.05) is 48.5 Å². The molecule has 5 nitrogen and oxygen atoms in total. The van der Waals surface area contributed by atoms with Crippen molar-refractivity contribution < 1.29 is 18.3 Å². The highest BCUT2D eigenvalue weighted by Crippen LogP contribution is 2.38. The number of nitrogens with one attached hydrogen (secondary N) is 1. The highest BCUT2D eigenvalue weighted by molar-refractivity contribution is 7.91. The lowest BCUT2D eigenvalue weighted by molar-refractivity contribution is -0.122. The fourth-order valence-electron chi connectivity index (χ4n) is 3.25. The van der Waals surface area contributed by atoms with Crippen LogP contribution >= 0.6 is 0 Å². The van der Waals surface area contributed by atoms with Gasteiger partial charge in [-0.3, -0.25) is 4.79 Å². The number of aliphatic hydroxyl groups excluding tert-OH is 1. The largest absolute Gasteiger partial charge is 0.393 e. The molecule has 0 aliphatic heterocycles. The van der Waals surface area contributed by atoms with E-state index in [1.807, 2.05) is 30.3 Å². The number of hydrogen-bond donors (Lipinski definition) is 2. The Morgan fingerprint density at radius 3 is 2.19 bits per heavy atom. The van der Waals surface area contributed by atoms with Crippen molar-refractivity contribution in [2.75, 3.05) is 5.75 Å². The second kappa shape index (κ2) is 8.01. The van der Waals surface area contributed by atoms with Gasteiger partial charge in [-0.25, -0.2) is 8.42 Å². The molecule has 138 valence electrons. The van der Waals surface area contributed by atoms with Crippen LogP contribution in [-0.2, 0) is 14.6 Å². The highest BCUT2D eigenvalue weighted by atomic mass is 32.2. The minimum atomic E-state index is -3.48. The topological polar surface area (TPSA) is 83.5 Å². The molecule has 1 amide bonds. The van der Waals surface area contributed by atoms with E-state index < -0.39 is 9.84 Å². The van der Waals surface area contributed by atoms with Crippen molar-refractivity contribution in [3.05, 3.63) is 66.2 Å². The van der Waals surface area contributed by atoms with Crippen LogP contribution in [0.4, 0.5) is 0 Å². The Kier molecular flexibility index (Phi) is 5.74. The molecule has 1 aliphatic rings. The van der Waals surface area contributed by atoms with Gasteiger partial charge in [0.2, 0.25) is 5.91 Å². The summed E-state index contributed by atoms with van der Waals surface area (Å²) in [5, 5.41) is 12.6. The molecule has 2 N–H and O–H groups in total. The summed E-state index contributed by atoms with van der Waals surface area (Å²) in [4.78, 5) is 12.6. The first-order valence-electron chi connectivity index (χ1n) is 8.76. The molecule has 1 aliphatic carbocycles. The predicted molar refractivity (Wildman–Crippen MR) is 99.2 cm³/mol. The molecule has 1 saturated carbocycles. The van der Waals surface area contributed by atoms with Gasteiger partial charge in [0, 0.05) is 6.42 Å². The maximum absolute atomic E-state index is 12.4. The molecule has 1 atom stereocenters. The van der Waals surface area contributed by atoms with Crippen molar-refractivity contribution in [2.45, 2.75) is 36.3 Å². The molecule has 1 fully saturated rings. The lowest BCUT2D eigenvalue weighted by Gasteiger charge is -2.38. The normalized spacial score (nSPS) is 20.8. The smallest absolute Gasteiger partial charge is 0.221 e. The van der Waals surface area contributed by atoms with Crippen LogP contribution in [0.5, 0.6) is 0 Å². The van der Waals surface area contributed by atoms with E-state index in [4.69, 9.17) is 0 Å². The van der Waals surface area contributed by atoms with Gasteiger partial charge in [0.15, 0.2) is 9.84 Å². The SMILES string of the molecule is O=C(CCS(=O)(=O)c1ccccc1)NC(c1ccccc1)C1CC(O)C1. The third-order valence-electron chi connectivity index (χ3n) is 4.80. The van der Waals surface area contributed by atoms with Gasteiger partial charge in [-0.15, -0.1) is 0 Å². The highest BCUT2D eigenvalue weighted by Gasteiger charge is 2.35. The zero-order valence-electron chi connectivity index (χ0n) is 14.4. The quantitative estimate of drug-likeness (QED) is 0.781. The van der Waals surface area contributed by atoms with Gasteiger partial charge < -0.3 is 10.4 Å². The number of sulfone groups is 1. The average Bonchev–Trinajstić information content (AvgIpc) is 2.64. The maximum atomic E-state index is 12.4. The summed E-state index contributed by atoms with van der Waals surface area (Å²) >= 11 is 0. The van der Waals surface area contributed by atoms with Gasteiger partial charge in [-0.05, 0) is 36.5 Å². The minimum Gasteiger partial charge on any atom is -0.393 e. The van der Waals surface area contributed by atoms with E-state index in [0.717, 1.165) is 5.56 Å². The van der Waals surface area contributed by atoms with Gasteiger partial charge in [-0.2, -0.15) is 0 Å². The van der Waals surface area contributed by atoms with E-state index >= 15 is 0 Å². The van der Waals surface area contributed by atoms with Gasteiger partial charge in [0.1, 0.15) is 0 Å². The lowest BCUT2D eigenvalue weighted by atomic mass is 9.75. The molecule has 6 heteroatoms.